The quantitative estimate of drug-likeness (QED) is 0.0741. The van der Waals surface area contributed by atoms with Gasteiger partial charge in [-0.1, -0.05) is 196 Å². The highest BCUT2D eigenvalue weighted by Gasteiger charge is 2.16. The molecule has 0 saturated heterocycles. The van der Waals surface area contributed by atoms with Crippen LogP contribution in [0.1, 0.15) is 31.9 Å². The fourth-order valence-corrected chi connectivity index (χ4v) is 7.28. The Morgan fingerprint density at radius 1 is 0.468 bits per heavy atom. The van der Waals surface area contributed by atoms with Crippen LogP contribution in [0.3, 0.4) is 0 Å². The van der Waals surface area contributed by atoms with Crippen molar-refractivity contribution < 1.29 is 4.42 Å². The summed E-state index contributed by atoms with van der Waals surface area (Å²) < 4.78 is 6.32. The second-order valence-electron chi connectivity index (χ2n) is 14.2. The smallest absolute Gasteiger partial charge is 0.143 e. The van der Waals surface area contributed by atoms with Crippen LogP contribution in [-0.2, 0) is 0 Å². The molecular weight excluding hydrogens is 751 g/mol. The van der Waals surface area contributed by atoms with E-state index in [1.807, 2.05) is 45.1 Å². The first-order valence-corrected chi connectivity index (χ1v) is 20.6. The Bertz CT molecular complexity index is 2970. The first-order valence-electron chi connectivity index (χ1n) is 20.6. The molecule has 1 N–H and O–H groups in total. The van der Waals surface area contributed by atoms with E-state index in [0.29, 0.717) is 5.71 Å². The average Bonchev–Trinajstić information content (AvgIpc) is 3.69. The van der Waals surface area contributed by atoms with Crippen LogP contribution in [0.25, 0.3) is 82.1 Å². The Morgan fingerprint density at radius 3 is 1.53 bits per heavy atom. The lowest BCUT2D eigenvalue weighted by molar-refractivity contribution is 0.672. The van der Waals surface area contributed by atoms with Crippen molar-refractivity contribution in [2.75, 3.05) is 0 Å². The molecule has 0 saturated carbocycles. The van der Waals surface area contributed by atoms with Gasteiger partial charge >= 0.3 is 0 Å². The summed E-state index contributed by atoms with van der Waals surface area (Å²) in [4.78, 5) is 0. The van der Waals surface area contributed by atoms with Gasteiger partial charge in [0.05, 0.1) is 5.71 Å². The number of allylic oxidation sites excluding steroid dienone is 8. The van der Waals surface area contributed by atoms with Crippen molar-refractivity contribution in [3.8, 4) is 22.3 Å². The van der Waals surface area contributed by atoms with E-state index in [1.54, 1.807) is 30.4 Å². The maximum atomic E-state index is 8.94. The fourth-order valence-electron chi connectivity index (χ4n) is 7.28. The molecule has 0 aliphatic carbocycles. The lowest BCUT2D eigenvalue weighted by Crippen LogP contribution is -1.95. The number of hydrogen-bond acceptors (Lipinski definition) is 2. The third-order valence-corrected chi connectivity index (χ3v) is 9.82. The van der Waals surface area contributed by atoms with Gasteiger partial charge in [-0.3, -0.25) is 0 Å². The van der Waals surface area contributed by atoms with Crippen LogP contribution < -0.4 is 0 Å². The Balaban J connectivity index is 0.000000499. The van der Waals surface area contributed by atoms with E-state index in [2.05, 4.69) is 185 Å². The van der Waals surface area contributed by atoms with Crippen LogP contribution in [0.2, 0.25) is 0 Å². The van der Waals surface area contributed by atoms with Crippen molar-refractivity contribution in [2.45, 2.75) is 20.8 Å². The molecule has 2 heteroatoms. The monoisotopic (exact) mass is 805 g/mol. The summed E-state index contributed by atoms with van der Waals surface area (Å²) in [7, 11) is 0. The van der Waals surface area contributed by atoms with Crippen molar-refractivity contribution in [1.29, 1.82) is 5.41 Å². The molecule has 62 heavy (non-hydrogen) atoms. The molecule has 0 aliphatic rings. The first kappa shape index (κ1) is 45.3. The van der Waals surface area contributed by atoms with Gasteiger partial charge in [-0.2, -0.15) is 0 Å². The topological polar surface area (TPSA) is 37.0 Å². The minimum Gasteiger partial charge on any atom is -0.455 e. The minimum atomic E-state index is 0.436. The van der Waals surface area contributed by atoms with Gasteiger partial charge in [0.2, 0.25) is 0 Å². The Morgan fingerprint density at radius 2 is 0.968 bits per heavy atom. The van der Waals surface area contributed by atoms with Crippen LogP contribution >= 0.6 is 0 Å². The van der Waals surface area contributed by atoms with Gasteiger partial charge < -0.3 is 9.83 Å². The second kappa shape index (κ2) is 22.5. The van der Waals surface area contributed by atoms with Crippen LogP contribution in [0, 0.1) is 5.41 Å². The number of nitrogens with one attached hydrogen (secondary N) is 1. The minimum absolute atomic E-state index is 0.436. The molecule has 0 atom stereocenters. The van der Waals surface area contributed by atoms with Crippen LogP contribution in [0.15, 0.2) is 244 Å². The predicted molar refractivity (Wildman–Crippen MR) is 277 cm³/mol. The van der Waals surface area contributed by atoms with E-state index >= 15 is 0 Å². The molecule has 9 rings (SSSR count). The zero-order valence-electron chi connectivity index (χ0n) is 36.2. The molecule has 0 fully saturated rings. The van der Waals surface area contributed by atoms with Gasteiger partial charge in [0.1, 0.15) is 11.2 Å². The number of rotatable bonds is 7. The largest absolute Gasteiger partial charge is 0.455 e. The number of hydrogen-bond donors (Lipinski definition) is 1. The molecule has 0 bridgehead atoms. The molecule has 0 unspecified atom stereocenters. The SMILES string of the molecule is C=C(/C=C\C(=N)c1ccc(-c2ccc3oc4c5ccccc5ccc4c3c2)cc1)c1c2ccccc2c(-c2ccccc2)c2ccccc12.C=CC.C=CC.C=CC.C=CC=C. The molecule has 0 spiro atoms. The third-order valence-electron chi connectivity index (χ3n) is 9.82. The lowest BCUT2D eigenvalue weighted by Gasteiger charge is -2.17. The van der Waals surface area contributed by atoms with Gasteiger partial charge in [-0.15, -0.1) is 19.7 Å². The molecule has 0 aliphatic heterocycles. The van der Waals surface area contributed by atoms with E-state index in [4.69, 9.17) is 9.83 Å². The average molecular weight is 806 g/mol. The Hall–Kier alpha value is -7.81. The van der Waals surface area contributed by atoms with Gasteiger partial charge in [0.25, 0.3) is 0 Å². The highest BCUT2D eigenvalue weighted by atomic mass is 16.3. The fraction of sp³-hybridized carbons (Fsp3) is 0.0500. The van der Waals surface area contributed by atoms with E-state index in [1.165, 1.54) is 27.3 Å². The standard InChI is InChI=1S/C47H31NO.C4H6.3C3H6/c1-30(45-37-15-7-9-17-39(37)46(34-12-3-2-4-13-34)40-18-10-8-16-38(40)45)19-27-43(48)33-22-20-31(21-23-33)35-25-28-44-42(29-35)41-26-24-32-11-5-6-14-36(32)47(41)49-44;1-3-4-2;3*1-3-2/h2-29,48H,1H2;3-4H,1-2H2;3*3H,1H2,2H3/b27-19-,48-43?;;;;. The zero-order chi connectivity index (χ0) is 44.4. The van der Waals surface area contributed by atoms with Crippen LogP contribution in [0.5, 0.6) is 0 Å². The molecule has 0 radical (unpaired) electrons. The summed E-state index contributed by atoms with van der Waals surface area (Å²) in [6.45, 7) is 27.0. The maximum absolute atomic E-state index is 8.94. The van der Waals surface area contributed by atoms with E-state index in [9.17, 15) is 0 Å². The van der Waals surface area contributed by atoms with Gasteiger partial charge in [0, 0.05) is 16.2 Å². The summed E-state index contributed by atoms with van der Waals surface area (Å²) >= 11 is 0. The maximum Gasteiger partial charge on any atom is 0.143 e. The zero-order valence-corrected chi connectivity index (χ0v) is 36.2. The first-order chi connectivity index (χ1) is 30.3. The molecule has 8 aromatic carbocycles. The molecule has 1 heterocycles. The van der Waals surface area contributed by atoms with Crippen molar-refractivity contribution >= 4 is 65.5 Å². The van der Waals surface area contributed by atoms with Crippen molar-refractivity contribution in [1.82, 2.24) is 0 Å². The third kappa shape index (κ3) is 10.3. The summed E-state index contributed by atoms with van der Waals surface area (Å²) in [6, 6.07) is 55.0. The molecule has 0 amide bonds. The van der Waals surface area contributed by atoms with Crippen LogP contribution in [-0.4, -0.2) is 5.71 Å². The summed E-state index contributed by atoms with van der Waals surface area (Å²) in [5, 5.41) is 18.2. The van der Waals surface area contributed by atoms with Gasteiger partial charge in [0.15, 0.2) is 0 Å². The number of furan rings is 1. The normalized spacial score (nSPS) is 10.2. The van der Waals surface area contributed by atoms with E-state index in [-0.39, 0.29) is 0 Å². The van der Waals surface area contributed by atoms with Crippen molar-refractivity contribution in [3.05, 3.63) is 251 Å². The summed E-state index contributed by atoms with van der Waals surface area (Å²) in [5.41, 5.74) is 9.70. The lowest BCUT2D eigenvalue weighted by atomic mass is 9.86. The summed E-state index contributed by atoms with van der Waals surface area (Å²) in [5.74, 6) is 0. The van der Waals surface area contributed by atoms with Gasteiger partial charge in [-0.25, -0.2) is 0 Å². The molecule has 306 valence electrons. The Labute approximate surface area is 367 Å². The molecule has 2 nitrogen and oxygen atoms in total. The van der Waals surface area contributed by atoms with Gasteiger partial charge in [-0.05, 0) is 111 Å². The summed E-state index contributed by atoms with van der Waals surface area (Å²) in [6.07, 6.45) is 12.4. The molecular formula is C60H55NO. The second-order valence-corrected chi connectivity index (χ2v) is 14.2. The predicted octanol–water partition coefficient (Wildman–Crippen LogP) is 18.0. The van der Waals surface area contributed by atoms with Crippen molar-refractivity contribution in [3.63, 3.8) is 0 Å². The Kier molecular flexibility index (Phi) is 16.5. The highest BCUT2D eigenvalue weighted by Crippen LogP contribution is 2.42. The molecule has 1 aromatic heterocycles. The number of benzene rings is 8. The molecule has 9 aromatic rings. The van der Waals surface area contributed by atoms with E-state index in [0.717, 1.165) is 65.9 Å². The van der Waals surface area contributed by atoms with Crippen molar-refractivity contribution in [2.24, 2.45) is 0 Å². The van der Waals surface area contributed by atoms with E-state index < -0.39 is 0 Å². The van der Waals surface area contributed by atoms with Crippen LogP contribution in [0.4, 0.5) is 0 Å². The highest BCUT2D eigenvalue weighted by molar-refractivity contribution is 6.20. The number of fused-ring (bicyclic) bond motifs is 7.